The predicted octanol–water partition coefficient (Wildman–Crippen LogP) is 4.64. The summed E-state index contributed by atoms with van der Waals surface area (Å²) >= 11 is 0.403. The maximum Gasteiger partial charge on any atom is 0.306 e. The van der Waals surface area contributed by atoms with Crippen LogP contribution in [0.3, 0.4) is 0 Å². The number of hydrogen-bond acceptors (Lipinski definition) is 4. The van der Waals surface area contributed by atoms with Gasteiger partial charge in [0.15, 0.2) is 6.10 Å². The minimum Gasteiger partial charge on any atom is -0.453 e. The van der Waals surface area contributed by atoms with Crippen LogP contribution < -0.4 is 5.32 Å². The first kappa shape index (κ1) is 20.8. The van der Waals surface area contributed by atoms with Gasteiger partial charge >= 0.3 is 5.97 Å². The van der Waals surface area contributed by atoms with Gasteiger partial charge in [0.1, 0.15) is 5.82 Å². The lowest BCUT2D eigenvalue weighted by molar-refractivity contribution is -0.153. The van der Waals surface area contributed by atoms with Crippen LogP contribution >= 0.6 is 11.8 Å². The van der Waals surface area contributed by atoms with E-state index in [1.807, 2.05) is 0 Å². The van der Waals surface area contributed by atoms with Gasteiger partial charge in [-0.3, -0.25) is 9.59 Å². The minimum absolute atomic E-state index is 0.0574. The van der Waals surface area contributed by atoms with Crippen molar-refractivity contribution in [2.75, 3.05) is 5.32 Å². The van der Waals surface area contributed by atoms with Gasteiger partial charge in [-0.25, -0.2) is 4.39 Å². The lowest BCUT2D eigenvalue weighted by Gasteiger charge is -2.14. The topological polar surface area (TPSA) is 55.4 Å². The van der Waals surface area contributed by atoms with E-state index in [0.29, 0.717) is 27.9 Å². The van der Waals surface area contributed by atoms with E-state index in [4.69, 9.17) is 4.74 Å². The van der Waals surface area contributed by atoms with E-state index < -0.39 is 29.6 Å². The number of rotatable bonds is 8. The van der Waals surface area contributed by atoms with Crippen molar-refractivity contribution in [2.24, 2.45) is 0 Å². The molecule has 0 aliphatic heterocycles. The van der Waals surface area contributed by atoms with Gasteiger partial charge in [0.2, 0.25) is 0 Å². The van der Waals surface area contributed by atoms with Gasteiger partial charge in [-0.1, -0.05) is 30.0 Å². The summed E-state index contributed by atoms with van der Waals surface area (Å²) in [7, 11) is 0. The van der Waals surface area contributed by atoms with Crippen molar-refractivity contribution in [3.05, 3.63) is 59.9 Å². The van der Waals surface area contributed by atoms with Crippen LogP contribution in [0.5, 0.6) is 0 Å². The fraction of sp³-hybridized carbons (Fsp3) is 0.263. The molecule has 8 heteroatoms. The molecule has 0 fully saturated rings. The summed E-state index contributed by atoms with van der Waals surface area (Å²) in [6.07, 6.45) is -0.936. The Morgan fingerprint density at radius 1 is 1.11 bits per heavy atom. The Labute approximate surface area is 159 Å². The highest BCUT2D eigenvalue weighted by Crippen LogP contribution is 2.26. The minimum atomic E-state index is -2.52. The Morgan fingerprint density at radius 2 is 1.78 bits per heavy atom. The molecular weight excluding hydrogens is 379 g/mol. The highest BCUT2D eigenvalue weighted by Gasteiger charge is 2.18. The second-order valence-electron chi connectivity index (χ2n) is 5.62. The van der Waals surface area contributed by atoms with Gasteiger partial charge in [-0.2, -0.15) is 8.78 Å². The van der Waals surface area contributed by atoms with Gasteiger partial charge in [0, 0.05) is 17.0 Å². The number of halogens is 3. The third kappa shape index (κ3) is 6.97. The molecule has 0 heterocycles. The van der Waals surface area contributed by atoms with E-state index in [1.54, 1.807) is 18.2 Å². The number of aryl methyl sites for hydroxylation is 1. The first-order valence-electron chi connectivity index (χ1n) is 8.14. The lowest BCUT2D eigenvalue weighted by Crippen LogP contribution is -2.30. The Kier molecular flexibility index (Phi) is 7.72. The number of anilines is 1. The SMILES string of the molecule is C[C@@H](OC(=O)CCc1ccccc1F)C(=O)Nc1ccc(SC(F)F)cc1. The number of thioether (sulfide) groups is 1. The third-order valence-corrected chi connectivity index (χ3v) is 4.30. The summed E-state index contributed by atoms with van der Waals surface area (Å²) in [5.41, 5.74) is 0.793. The molecule has 0 radical (unpaired) electrons. The van der Waals surface area contributed by atoms with E-state index >= 15 is 0 Å². The molecule has 4 nitrogen and oxygen atoms in total. The number of nitrogens with one attached hydrogen (secondary N) is 1. The van der Waals surface area contributed by atoms with Crippen molar-refractivity contribution in [3.8, 4) is 0 Å². The van der Waals surface area contributed by atoms with Crippen molar-refractivity contribution in [1.82, 2.24) is 0 Å². The summed E-state index contributed by atoms with van der Waals surface area (Å²) in [4.78, 5) is 24.3. The Morgan fingerprint density at radius 3 is 2.41 bits per heavy atom. The van der Waals surface area contributed by atoms with Crippen molar-refractivity contribution < 1.29 is 27.5 Å². The molecule has 0 spiro atoms. The molecule has 2 aromatic carbocycles. The van der Waals surface area contributed by atoms with Gasteiger partial charge in [-0.15, -0.1) is 0 Å². The highest BCUT2D eigenvalue weighted by molar-refractivity contribution is 7.99. The molecule has 1 amide bonds. The normalized spacial score (nSPS) is 11.9. The molecule has 2 rings (SSSR count). The number of amides is 1. The second-order valence-corrected chi connectivity index (χ2v) is 6.68. The van der Waals surface area contributed by atoms with Crippen molar-refractivity contribution >= 4 is 29.3 Å². The lowest BCUT2D eigenvalue weighted by atomic mass is 10.1. The summed E-state index contributed by atoms with van der Waals surface area (Å²) in [6.45, 7) is 1.41. The van der Waals surface area contributed by atoms with Gasteiger partial charge in [0.25, 0.3) is 11.7 Å². The molecule has 144 valence electrons. The number of ether oxygens (including phenoxy) is 1. The van der Waals surface area contributed by atoms with E-state index in [-0.39, 0.29) is 12.8 Å². The Bertz CT molecular complexity index is 784. The number of alkyl halides is 2. The number of benzene rings is 2. The molecule has 1 atom stereocenters. The van der Waals surface area contributed by atoms with Crippen LogP contribution in [-0.4, -0.2) is 23.7 Å². The summed E-state index contributed by atoms with van der Waals surface area (Å²) in [5, 5.41) is 2.54. The first-order valence-corrected chi connectivity index (χ1v) is 9.01. The first-order chi connectivity index (χ1) is 12.8. The number of carbonyl (C=O) groups excluding carboxylic acids is 2. The van der Waals surface area contributed by atoms with Crippen LogP contribution in [-0.2, 0) is 20.7 Å². The molecule has 27 heavy (non-hydrogen) atoms. The highest BCUT2D eigenvalue weighted by atomic mass is 32.2. The number of esters is 1. The van der Waals surface area contributed by atoms with Gasteiger partial charge in [0.05, 0.1) is 0 Å². The molecule has 0 aliphatic carbocycles. The molecule has 0 unspecified atom stereocenters. The van der Waals surface area contributed by atoms with E-state index in [2.05, 4.69) is 5.32 Å². The van der Waals surface area contributed by atoms with Crippen LogP contribution in [0, 0.1) is 5.82 Å². The maximum atomic E-state index is 13.5. The van der Waals surface area contributed by atoms with Crippen molar-refractivity contribution in [2.45, 2.75) is 36.5 Å². The van der Waals surface area contributed by atoms with Crippen molar-refractivity contribution in [3.63, 3.8) is 0 Å². The summed E-state index contributed by atoms with van der Waals surface area (Å²) in [5.74, 6) is -4.09. The fourth-order valence-electron chi connectivity index (χ4n) is 2.21. The van der Waals surface area contributed by atoms with Crippen molar-refractivity contribution in [1.29, 1.82) is 0 Å². The fourth-order valence-corrected chi connectivity index (χ4v) is 2.71. The number of carbonyl (C=O) groups is 2. The standard InChI is InChI=1S/C19H18F3NO3S/c1-12(26-17(24)11-6-13-4-2-3-5-16(13)20)18(25)23-14-7-9-15(10-8-14)27-19(21)22/h2-5,7-10,12,19H,6,11H2,1H3,(H,23,25)/t12-/m1/s1. The predicted molar refractivity (Wildman–Crippen MR) is 97.2 cm³/mol. The van der Waals surface area contributed by atoms with E-state index in [9.17, 15) is 22.8 Å². The largest absolute Gasteiger partial charge is 0.453 e. The zero-order valence-corrected chi connectivity index (χ0v) is 15.3. The molecule has 0 bridgehead atoms. The zero-order chi connectivity index (χ0) is 19.8. The Hall–Kier alpha value is -2.48. The quantitative estimate of drug-likeness (QED) is 0.521. The molecule has 0 saturated heterocycles. The monoisotopic (exact) mass is 397 g/mol. The average Bonchev–Trinajstić information content (AvgIpc) is 2.62. The van der Waals surface area contributed by atoms with Crippen LogP contribution in [0.4, 0.5) is 18.9 Å². The smallest absolute Gasteiger partial charge is 0.306 e. The number of hydrogen-bond donors (Lipinski definition) is 1. The maximum absolute atomic E-state index is 13.5. The molecular formula is C19H18F3NO3S. The molecule has 0 saturated carbocycles. The van der Waals surface area contributed by atoms with Gasteiger partial charge < -0.3 is 10.1 Å². The van der Waals surface area contributed by atoms with E-state index in [1.165, 1.54) is 37.3 Å². The van der Waals surface area contributed by atoms with E-state index in [0.717, 1.165) is 0 Å². The molecule has 1 N–H and O–H groups in total. The molecule has 0 aliphatic rings. The average molecular weight is 397 g/mol. The molecule has 0 aromatic heterocycles. The summed E-state index contributed by atoms with van der Waals surface area (Å²) in [6, 6.07) is 12.0. The van der Waals surface area contributed by atoms with Crippen LogP contribution in [0.15, 0.2) is 53.4 Å². The Balaban J connectivity index is 1.80. The molecule has 2 aromatic rings. The zero-order valence-electron chi connectivity index (χ0n) is 14.5. The second kappa shape index (κ2) is 10.0. The summed E-state index contributed by atoms with van der Waals surface area (Å²) < 4.78 is 43.1. The van der Waals surface area contributed by atoms with Gasteiger partial charge in [-0.05, 0) is 49.2 Å². The third-order valence-electron chi connectivity index (χ3n) is 3.58. The van der Waals surface area contributed by atoms with Crippen LogP contribution in [0.25, 0.3) is 0 Å². The van der Waals surface area contributed by atoms with Crippen LogP contribution in [0.1, 0.15) is 18.9 Å². The van der Waals surface area contributed by atoms with Crippen LogP contribution in [0.2, 0.25) is 0 Å².